The highest BCUT2D eigenvalue weighted by Crippen LogP contribution is 2.47. The molecule has 4 aromatic rings. The fourth-order valence-electron chi connectivity index (χ4n) is 4.11. The van der Waals surface area contributed by atoms with Crippen LogP contribution in [0.4, 0.5) is 34.1 Å². The van der Waals surface area contributed by atoms with E-state index >= 15 is 0 Å². The number of carbonyl (C=O) groups is 2. The minimum absolute atomic E-state index is 0.0189. The van der Waals surface area contributed by atoms with E-state index < -0.39 is 23.1 Å². The Kier molecular flexibility index (Phi) is 4.83. The van der Waals surface area contributed by atoms with Gasteiger partial charge in [-0.3, -0.25) is 9.59 Å². The number of hydrogen-bond donors (Lipinski definition) is 6. The topological polar surface area (TPSA) is 151 Å². The van der Waals surface area contributed by atoms with Crippen LogP contribution in [-0.4, -0.2) is 21.8 Å². The number of para-hydroxylation sites is 2. The van der Waals surface area contributed by atoms with Gasteiger partial charge < -0.3 is 32.3 Å². The van der Waals surface area contributed by atoms with E-state index in [9.17, 15) is 19.8 Å². The lowest BCUT2D eigenvalue weighted by atomic mass is 9.80. The van der Waals surface area contributed by atoms with Gasteiger partial charge in [0.05, 0.1) is 33.6 Å². The van der Waals surface area contributed by atoms with Crippen LogP contribution < -0.4 is 22.1 Å². The number of nitrogen functional groups attached to an aromatic ring is 2. The molecule has 0 spiro atoms. The molecule has 0 bridgehead atoms. The first-order valence-corrected chi connectivity index (χ1v) is 10.4. The highest BCUT2D eigenvalue weighted by molar-refractivity contribution is 6.34. The van der Waals surface area contributed by atoms with Crippen molar-refractivity contribution in [2.75, 3.05) is 22.1 Å². The van der Waals surface area contributed by atoms with Gasteiger partial charge in [0.2, 0.25) is 11.6 Å². The molecule has 0 saturated carbocycles. The van der Waals surface area contributed by atoms with Crippen molar-refractivity contribution in [3.05, 3.63) is 95.1 Å². The molecule has 0 unspecified atom stereocenters. The first-order chi connectivity index (χ1) is 16.4. The molecular formula is C26H20N4O4. The maximum absolute atomic E-state index is 13.5. The van der Waals surface area contributed by atoms with Gasteiger partial charge in [-0.05, 0) is 36.4 Å². The molecule has 1 aliphatic carbocycles. The minimum Gasteiger partial charge on any atom is -0.505 e. The van der Waals surface area contributed by atoms with Crippen LogP contribution in [0.2, 0.25) is 0 Å². The Morgan fingerprint density at radius 3 is 1.26 bits per heavy atom. The molecule has 0 atom stereocenters. The molecule has 1 aliphatic rings. The Morgan fingerprint density at radius 2 is 0.912 bits per heavy atom. The van der Waals surface area contributed by atoms with E-state index in [2.05, 4.69) is 10.6 Å². The normalized spacial score (nSPS) is 12.1. The van der Waals surface area contributed by atoms with Gasteiger partial charge in [-0.25, -0.2) is 0 Å². The van der Waals surface area contributed by atoms with Crippen molar-refractivity contribution in [1.29, 1.82) is 0 Å². The lowest BCUT2D eigenvalue weighted by molar-refractivity contribution is 0.0975. The SMILES string of the molecule is Nc1cc(Nc2ccccc2)c(O)c2c1C(=O)c1c(O)c(Nc3ccccc3)cc(N)c1C2=O. The van der Waals surface area contributed by atoms with Crippen molar-refractivity contribution in [1.82, 2.24) is 0 Å². The van der Waals surface area contributed by atoms with Crippen molar-refractivity contribution >= 4 is 45.7 Å². The summed E-state index contributed by atoms with van der Waals surface area (Å²) in [6, 6.07) is 20.7. The molecule has 34 heavy (non-hydrogen) atoms. The van der Waals surface area contributed by atoms with Crippen molar-refractivity contribution in [3.63, 3.8) is 0 Å². The van der Waals surface area contributed by atoms with Gasteiger partial charge in [0, 0.05) is 22.7 Å². The zero-order valence-electron chi connectivity index (χ0n) is 17.8. The summed E-state index contributed by atoms with van der Waals surface area (Å²) in [5.74, 6) is -2.26. The molecule has 0 aromatic heterocycles. The second-order valence-electron chi connectivity index (χ2n) is 7.86. The average Bonchev–Trinajstić information content (AvgIpc) is 2.83. The first-order valence-electron chi connectivity index (χ1n) is 10.4. The summed E-state index contributed by atoms with van der Waals surface area (Å²) in [6.45, 7) is 0. The quantitative estimate of drug-likeness (QED) is 0.132. The number of benzene rings is 4. The maximum Gasteiger partial charge on any atom is 0.200 e. The molecule has 5 rings (SSSR count). The smallest absolute Gasteiger partial charge is 0.200 e. The number of phenolic OH excluding ortho intramolecular Hbond substituents is 2. The first kappa shape index (κ1) is 20.9. The second-order valence-corrected chi connectivity index (χ2v) is 7.86. The molecule has 0 saturated heterocycles. The number of nitrogens with one attached hydrogen (secondary N) is 2. The Bertz CT molecular complexity index is 1360. The molecule has 0 amide bonds. The van der Waals surface area contributed by atoms with E-state index in [1.807, 2.05) is 12.1 Å². The number of anilines is 6. The molecule has 8 heteroatoms. The number of hydrogen-bond acceptors (Lipinski definition) is 8. The largest absolute Gasteiger partial charge is 0.505 e. The highest BCUT2D eigenvalue weighted by atomic mass is 16.3. The summed E-state index contributed by atoms with van der Waals surface area (Å²) in [4.78, 5) is 26.9. The summed E-state index contributed by atoms with van der Waals surface area (Å²) in [5, 5.41) is 27.9. The number of fused-ring (bicyclic) bond motifs is 2. The molecule has 4 aromatic carbocycles. The van der Waals surface area contributed by atoms with Crippen LogP contribution in [0.3, 0.4) is 0 Å². The molecule has 0 heterocycles. The fraction of sp³-hybridized carbons (Fsp3) is 0. The van der Waals surface area contributed by atoms with Gasteiger partial charge in [-0.1, -0.05) is 36.4 Å². The van der Waals surface area contributed by atoms with Crippen molar-refractivity contribution in [3.8, 4) is 11.5 Å². The predicted molar refractivity (Wildman–Crippen MR) is 131 cm³/mol. The van der Waals surface area contributed by atoms with Gasteiger partial charge in [0.25, 0.3) is 0 Å². The van der Waals surface area contributed by atoms with E-state index in [0.717, 1.165) is 0 Å². The molecule has 0 aliphatic heterocycles. The number of phenols is 2. The van der Waals surface area contributed by atoms with Crippen LogP contribution in [0.1, 0.15) is 31.8 Å². The van der Waals surface area contributed by atoms with E-state index in [0.29, 0.717) is 11.4 Å². The Balaban J connectivity index is 1.64. The molecular weight excluding hydrogens is 432 g/mol. The zero-order chi connectivity index (χ0) is 24.0. The standard InChI is InChI=1S/C26H20N4O4/c27-15-11-17(29-13-7-3-1-4-8-13)23(31)21-19(15)26(34)22-20(25(21)33)16(28)12-18(24(22)32)30-14-9-5-2-6-10-14/h1-12,29-32H,27-28H2. The number of aromatic hydroxyl groups is 2. The maximum atomic E-state index is 13.5. The lowest BCUT2D eigenvalue weighted by Gasteiger charge is -2.25. The van der Waals surface area contributed by atoms with Gasteiger partial charge in [-0.15, -0.1) is 0 Å². The number of nitrogens with two attached hydrogens (primary N) is 2. The summed E-state index contributed by atoms with van der Waals surface area (Å²) < 4.78 is 0. The van der Waals surface area contributed by atoms with Gasteiger partial charge in [0.1, 0.15) is 0 Å². The highest BCUT2D eigenvalue weighted by Gasteiger charge is 2.39. The predicted octanol–water partition coefficient (Wildman–Crippen LogP) is 4.52. The second kappa shape index (κ2) is 7.86. The minimum atomic E-state index is -0.704. The van der Waals surface area contributed by atoms with E-state index in [-0.39, 0.29) is 45.0 Å². The van der Waals surface area contributed by atoms with Crippen LogP contribution in [-0.2, 0) is 0 Å². The van der Waals surface area contributed by atoms with E-state index in [1.165, 1.54) is 12.1 Å². The summed E-state index contributed by atoms with van der Waals surface area (Å²) >= 11 is 0. The van der Waals surface area contributed by atoms with Crippen LogP contribution in [0, 0.1) is 0 Å². The number of rotatable bonds is 4. The third-order valence-corrected chi connectivity index (χ3v) is 5.67. The van der Waals surface area contributed by atoms with Gasteiger partial charge >= 0.3 is 0 Å². The Labute approximate surface area is 194 Å². The molecule has 0 fully saturated rings. The summed E-state index contributed by atoms with van der Waals surface area (Å²) in [6.07, 6.45) is 0. The Hall–Kier alpha value is -4.98. The molecule has 8 N–H and O–H groups in total. The Morgan fingerprint density at radius 1 is 0.559 bits per heavy atom. The van der Waals surface area contributed by atoms with E-state index in [4.69, 9.17) is 11.5 Å². The molecule has 8 nitrogen and oxygen atoms in total. The van der Waals surface area contributed by atoms with Crippen molar-refractivity contribution in [2.24, 2.45) is 0 Å². The van der Waals surface area contributed by atoms with Crippen LogP contribution >= 0.6 is 0 Å². The molecule has 0 radical (unpaired) electrons. The number of carbonyl (C=O) groups excluding carboxylic acids is 2. The zero-order valence-corrected chi connectivity index (χ0v) is 17.8. The van der Waals surface area contributed by atoms with Crippen molar-refractivity contribution < 1.29 is 19.8 Å². The third kappa shape index (κ3) is 3.25. The third-order valence-electron chi connectivity index (χ3n) is 5.67. The van der Waals surface area contributed by atoms with E-state index in [1.54, 1.807) is 48.5 Å². The average molecular weight is 452 g/mol. The van der Waals surface area contributed by atoms with Crippen LogP contribution in [0.15, 0.2) is 72.8 Å². The summed E-state index contributed by atoms with van der Waals surface area (Å²) in [5.41, 5.74) is 13.1. The van der Waals surface area contributed by atoms with Gasteiger partial charge in [-0.2, -0.15) is 0 Å². The van der Waals surface area contributed by atoms with Crippen LogP contribution in [0.5, 0.6) is 11.5 Å². The number of ketones is 2. The monoisotopic (exact) mass is 452 g/mol. The van der Waals surface area contributed by atoms with Gasteiger partial charge in [0.15, 0.2) is 11.5 Å². The summed E-state index contributed by atoms with van der Waals surface area (Å²) in [7, 11) is 0. The fourth-order valence-corrected chi connectivity index (χ4v) is 4.11. The van der Waals surface area contributed by atoms with Crippen LogP contribution in [0.25, 0.3) is 0 Å². The lowest BCUT2D eigenvalue weighted by Crippen LogP contribution is -2.24. The van der Waals surface area contributed by atoms with Crippen molar-refractivity contribution in [2.45, 2.75) is 0 Å². The molecule has 168 valence electrons.